The minimum absolute atomic E-state index is 0.0536. The van der Waals surface area contributed by atoms with E-state index in [2.05, 4.69) is 10.0 Å². The molecule has 0 heterocycles. The van der Waals surface area contributed by atoms with E-state index in [4.69, 9.17) is 4.74 Å². The lowest BCUT2D eigenvalue weighted by molar-refractivity contribution is -0.121. The van der Waals surface area contributed by atoms with E-state index in [1.165, 1.54) is 12.1 Å². The molecule has 0 aliphatic heterocycles. The number of unbranched alkanes of at least 4 members (excludes halogenated alkanes) is 1. The molecule has 22 heavy (non-hydrogen) atoms. The molecule has 0 atom stereocenters. The quantitative estimate of drug-likeness (QED) is 0.640. The van der Waals surface area contributed by atoms with Crippen molar-refractivity contribution in [1.82, 2.24) is 10.0 Å². The highest BCUT2D eigenvalue weighted by atomic mass is 32.2. The smallest absolute Gasteiger partial charge is 0.240 e. The number of amides is 1. The largest absolute Gasteiger partial charge is 0.494 e. The Labute approximate surface area is 132 Å². The van der Waals surface area contributed by atoms with Crippen LogP contribution in [0, 0.1) is 0 Å². The molecule has 0 fully saturated rings. The van der Waals surface area contributed by atoms with E-state index in [0.717, 1.165) is 12.8 Å². The second-order valence-electron chi connectivity index (χ2n) is 4.76. The van der Waals surface area contributed by atoms with Crippen LogP contribution >= 0.6 is 0 Å². The van der Waals surface area contributed by atoms with Gasteiger partial charge in [0.1, 0.15) is 5.75 Å². The van der Waals surface area contributed by atoms with Crippen LogP contribution in [0.25, 0.3) is 0 Å². The highest BCUT2D eigenvalue weighted by Crippen LogP contribution is 2.15. The summed E-state index contributed by atoms with van der Waals surface area (Å²) in [5.41, 5.74) is 0. The van der Waals surface area contributed by atoms with Crippen LogP contribution in [0.3, 0.4) is 0 Å². The lowest BCUT2D eigenvalue weighted by atomic mass is 10.2. The summed E-state index contributed by atoms with van der Waals surface area (Å²) >= 11 is 0. The van der Waals surface area contributed by atoms with Crippen LogP contribution < -0.4 is 14.8 Å². The number of carbonyl (C=O) groups is 1. The van der Waals surface area contributed by atoms with Crippen LogP contribution in [0.15, 0.2) is 29.2 Å². The summed E-state index contributed by atoms with van der Waals surface area (Å²) in [4.78, 5) is 11.6. The predicted molar refractivity (Wildman–Crippen MR) is 85.3 cm³/mol. The Morgan fingerprint density at radius 1 is 1.14 bits per heavy atom. The van der Waals surface area contributed by atoms with E-state index in [0.29, 0.717) is 18.8 Å². The van der Waals surface area contributed by atoms with Crippen molar-refractivity contribution in [2.24, 2.45) is 0 Å². The second-order valence-corrected chi connectivity index (χ2v) is 6.52. The Morgan fingerprint density at radius 3 is 2.41 bits per heavy atom. The first-order valence-electron chi connectivity index (χ1n) is 7.48. The number of nitrogens with one attached hydrogen (secondary N) is 2. The maximum absolute atomic E-state index is 12.1. The van der Waals surface area contributed by atoms with Gasteiger partial charge in [-0.15, -0.1) is 0 Å². The van der Waals surface area contributed by atoms with Crippen molar-refractivity contribution in [3.8, 4) is 5.75 Å². The maximum Gasteiger partial charge on any atom is 0.240 e. The molecule has 0 aliphatic carbocycles. The Balaban J connectivity index is 2.42. The number of hydrogen-bond donors (Lipinski definition) is 2. The molecule has 7 heteroatoms. The summed E-state index contributed by atoms with van der Waals surface area (Å²) in [6, 6.07) is 6.22. The fourth-order valence-corrected chi connectivity index (χ4v) is 2.81. The molecular formula is C15H24N2O4S. The number of rotatable bonds is 10. The molecule has 1 aromatic rings. The molecule has 1 amide bonds. The maximum atomic E-state index is 12.1. The molecule has 6 nitrogen and oxygen atoms in total. The van der Waals surface area contributed by atoms with Gasteiger partial charge in [0.05, 0.1) is 11.5 Å². The summed E-state index contributed by atoms with van der Waals surface area (Å²) in [6.07, 6.45) is 2.27. The van der Waals surface area contributed by atoms with Gasteiger partial charge in [0.25, 0.3) is 0 Å². The van der Waals surface area contributed by atoms with Gasteiger partial charge in [-0.05, 0) is 37.6 Å². The van der Waals surface area contributed by atoms with Crippen molar-refractivity contribution in [3.05, 3.63) is 24.3 Å². The van der Waals surface area contributed by atoms with Crippen LogP contribution in [-0.2, 0) is 14.8 Å². The Bertz CT molecular complexity index is 555. The van der Waals surface area contributed by atoms with Gasteiger partial charge in [0, 0.05) is 19.5 Å². The topological polar surface area (TPSA) is 84.5 Å². The summed E-state index contributed by atoms with van der Waals surface area (Å²) in [5.74, 6) is 0.576. The van der Waals surface area contributed by atoms with Gasteiger partial charge in [-0.1, -0.05) is 13.3 Å². The highest BCUT2D eigenvalue weighted by molar-refractivity contribution is 7.89. The van der Waals surface area contributed by atoms with Gasteiger partial charge in [-0.25, -0.2) is 13.1 Å². The third-order valence-corrected chi connectivity index (χ3v) is 4.42. The highest BCUT2D eigenvalue weighted by Gasteiger charge is 2.13. The lowest BCUT2D eigenvalue weighted by Crippen LogP contribution is -2.34. The first-order valence-corrected chi connectivity index (χ1v) is 8.97. The zero-order valence-corrected chi connectivity index (χ0v) is 13.9. The molecule has 2 N–H and O–H groups in total. The minimum atomic E-state index is -3.56. The van der Waals surface area contributed by atoms with Gasteiger partial charge >= 0.3 is 0 Å². The van der Waals surface area contributed by atoms with E-state index in [-0.39, 0.29) is 23.9 Å². The second kappa shape index (κ2) is 9.42. The van der Waals surface area contributed by atoms with E-state index in [1.54, 1.807) is 12.1 Å². The Hall–Kier alpha value is -1.60. The summed E-state index contributed by atoms with van der Waals surface area (Å²) in [5, 5.41) is 2.68. The number of sulfonamides is 1. The van der Waals surface area contributed by atoms with Gasteiger partial charge in [0.2, 0.25) is 15.9 Å². The van der Waals surface area contributed by atoms with Gasteiger partial charge in [-0.2, -0.15) is 0 Å². The van der Waals surface area contributed by atoms with Crippen LogP contribution in [0.2, 0.25) is 0 Å². The Morgan fingerprint density at radius 2 is 1.82 bits per heavy atom. The summed E-state index contributed by atoms with van der Waals surface area (Å²) in [7, 11) is -3.56. The number of benzene rings is 1. The molecule has 0 spiro atoms. The van der Waals surface area contributed by atoms with Crippen LogP contribution in [0.5, 0.6) is 5.75 Å². The SMILES string of the molecule is CCCCC(=O)NCCNS(=O)(=O)c1ccc(OCC)cc1. The minimum Gasteiger partial charge on any atom is -0.494 e. The first-order chi connectivity index (χ1) is 10.5. The van der Waals surface area contributed by atoms with Crippen LogP contribution in [0.4, 0.5) is 0 Å². The van der Waals surface area contributed by atoms with Crippen molar-refractivity contribution in [2.75, 3.05) is 19.7 Å². The normalized spacial score (nSPS) is 11.2. The molecule has 124 valence electrons. The standard InChI is InChI=1S/C15H24N2O4S/c1-3-5-6-15(18)16-11-12-17-22(19,20)14-9-7-13(8-10-14)21-4-2/h7-10,17H,3-6,11-12H2,1-2H3,(H,16,18). The number of ether oxygens (including phenoxy) is 1. The molecular weight excluding hydrogens is 304 g/mol. The summed E-state index contributed by atoms with van der Waals surface area (Å²) in [6.45, 7) is 4.84. The first kappa shape index (κ1) is 18.4. The lowest BCUT2D eigenvalue weighted by Gasteiger charge is -2.09. The van der Waals surface area contributed by atoms with Crippen molar-refractivity contribution in [1.29, 1.82) is 0 Å². The molecule has 0 aromatic heterocycles. The van der Waals surface area contributed by atoms with Crippen LogP contribution in [-0.4, -0.2) is 34.0 Å². The molecule has 0 unspecified atom stereocenters. The van der Waals surface area contributed by atoms with Gasteiger partial charge in [0.15, 0.2) is 0 Å². The van der Waals surface area contributed by atoms with Crippen molar-refractivity contribution >= 4 is 15.9 Å². The van der Waals surface area contributed by atoms with Crippen LogP contribution in [0.1, 0.15) is 33.1 Å². The summed E-state index contributed by atoms with van der Waals surface area (Å²) < 4.78 is 31.8. The van der Waals surface area contributed by atoms with E-state index in [1.807, 2.05) is 13.8 Å². The molecule has 0 bridgehead atoms. The molecule has 1 rings (SSSR count). The average Bonchev–Trinajstić information content (AvgIpc) is 2.50. The average molecular weight is 328 g/mol. The molecule has 0 radical (unpaired) electrons. The number of carbonyl (C=O) groups excluding carboxylic acids is 1. The molecule has 1 aromatic carbocycles. The zero-order valence-electron chi connectivity index (χ0n) is 13.1. The number of hydrogen-bond acceptors (Lipinski definition) is 4. The third-order valence-electron chi connectivity index (χ3n) is 2.94. The van der Waals surface area contributed by atoms with Crippen molar-refractivity contribution in [3.63, 3.8) is 0 Å². The van der Waals surface area contributed by atoms with Gasteiger partial charge < -0.3 is 10.1 Å². The fraction of sp³-hybridized carbons (Fsp3) is 0.533. The fourth-order valence-electron chi connectivity index (χ4n) is 1.78. The van der Waals surface area contributed by atoms with E-state index < -0.39 is 10.0 Å². The molecule has 0 saturated carbocycles. The predicted octanol–water partition coefficient (Wildman–Crippen LogP) is 1.67. The third kappa shape index (κ3) is 6.44. The molecule has 0 saturated heterocycles. The van der Waals surface area contributed by atoms with E-state index >= 15 is 0 Å². The zero-order chi connectivity index (χ0) is 16.4. The van der Waals surface area contributed by atoms with Gasteiger partial charge in [-0.3, -0.25) is 4.79 Å². The van der Waals surface area contributed by atoms with E-state index in [9.17, 15) is 13.2 Å². The van der Waals surface area contributed by atoms with Crippen molar-refractivity contribution in [2.45, 2.75) is 38.0 Å². The van der Waals surface area contributed by atoms with Crippen molar-refractivity contribution < 1.29 is 17.9 Å². The molecule has 0 aliphatic rings. The monoisotopic (exact) mass is 328 g/mol. The Kier molecular flexibility index (Phi) is 7.90.